The minimum atomic E-state index is -1.59. The van der Waals surface area contributed by atoms with Crippen molar-refractivity contribution in [3.05, 3.63) is 18.3 Å². The third-order valence-corrected chi connectivity index (χ3v) is 3.90. The summed E-state index contributed by atoms with van der Waals surface area (Å²) in [6.45, 7) is 1.86. The minimum Gasteiger partial charge on any atom is -0.464 e. The number of fused-ring (bicyclic) bond motifs is 1. The number of hydrogen-bond donors (Lipinski definition) is 3. The third-order valence-electron chi connectivity index (χ3n) is 3.90. The van der Waals surface area contributed by atoms with Gasteiger partial charge in [0.25, 0.3) is 0 Å². The second-order valence-electron chi connectivity index (χ2n) is 5.12. The molecule has 3 heterocycles. The van der Waals surface area contributed by atoms with Crippen LogP contribution >= 0.6 is 0 Å². The van der Waals surface area contributed by atoms with Gasteiger partial charge < -0.3 is 24.7 Å². The normalized spacial score (nSPS) is 16.9. The Morgan fingerprint density at radius 1 is 1.40 bits per heavy atom. The van der Waals surface area contributed by atoms with Crippen molar-refractivity contribution < 1.29 is 14.5 Å². The lowest BCUT2D eigenvalue weighted by Crippen LogP contribution is -2.41. The molecule has 0 amide bonds. The largest absolute Gasteiger partial charge is 0.526 e. The molecule has 0 unspecified atom stereocenters. The molecular formula is C13H18BN3O3. The molecule has 0 atom stereocenters. The Kier molecular flexibility index (Phi) is 3.65. The van der Waals surface area contributed by atoms with Crippen molar-refractivity contribution in [1.82, 2.24) is 10.3 Å². The van der Waals surface area contributed by atoms with E-state index in [0.29, 0.717) is 11.6 Å². The van der Waals surface area contributed by atoms with Crippen LogP contribution in [0.4, 0.5) is 5.82 Å². The van der Waals surface area contributed by atoms with Crippen LogP contribution < -0.4 is 15.9 Å². The SMILES string of the molecule is CNC1CCN(c2nccc3oc(B(O)O)cc23)CC1. The van der Waals surface area contributed by atoms with Crippen molar-refractivity contribution in [3.8, 4) is 0 Å². The lowest BCUT2D eigenvalue weighted by Gasteiger charge is -2.32. The van der Waals surface area contributed by atoms with Crippen LogP contribution in [0.15, 0.2) is 22.7 Å². The standard InChI is InChI=1S/C13H18BN3O3/c1-15-9-3-6-17(7-4-9)13-10-8-12(14(18)19)20-11(10)2-5-16-13/h2,5,8-9,15,18-19H,3-4,6-7H2,1H3. The Hall–Kier alpha value is -1.57. The fourth-order valence-electron chi connectivity index (χ4n) is 2.73. The van der Waals surface area contributed by atoms with E-state index in [0.717, 1.165) is 37.1 Å². The molecule has 0 saturated carbocycles. The summed E-state index contributed by atoms with van der Waals surface area (Å²) in [5.74, 6) is 0.854. The molecule has 0 bridgehead atoms. The van der Waals surface area contributed by atoms with Gasteiger partial charge in [0.05, 0.1) is 5.39 Å². The summed E-state index contributed by atoms with van der Waals surface area (Å²) in [5, 5.41) is 22.6. The first-order valence-electron chi connectivity index (χ1n) is 6.86. The molecule has 3 N–H and O–H groups in total. The maximum Gasteiger partial charge on any atom is 0.526 e. The lowest BCUT2D eigenvalue weighted by atomic mass is 9.88. The molecule has 0 aliphatic carbocycles. The fraction of sp³-hybridized carbons (Fsp3) is 0.462. The van der Waals surface area contributed by atoms with E-state index in [2.05, 4.69) is 15.2 Å². The maximum absolute atomic E-state index is 9.21. The molecular weight excluding hydrogens is 257 g/mol. The first-order chi connectivity index (χ1) is 9.69. The molecule has 106 valence electrons. The zero-order chi connectivity index (χ0) is 14.1. The quantitative estimate of drug-likeness (QED) is 0.667. The number of hydrogen-bond acceptors (Lipinski definition) is 6. The molecule has 3 rings (SSSR count). The van der Waals surface area contributed by atoms with Crippen molar-refractivity contribution in [3.63, 3.8) is 0 Å². The van der Waals surface area contributed by atoms with Crippen LogP contribution in [0.5, 0.6) is 0 Å². The van der Waals surface area contributed by atoms with Gasteiger partial charge >= 0.3 is 7.12 Å². The van der Waals surface area contributed by atoms with Gasteiger partial charge in [-0.3, -0.25) is 0 Å². The zero-order valence-electron chi connectivity index (χ0n) is 11.4. The van der Waals surface area contributed by atoms with Crippen molar-refractivity contribution in [2.75, 3.05) is 25.0 Å². The van der Waals surface area contributed by atoms with Crippen molar-refractivity contribution in [2.24, 2.45) is 0 Å². The Bertz CT molecular complexity index is 594. The Balaban J connectivity index is 1.91. The minimum absolute atomic E-state index is 0.152. The van der Waals surface area contributed by atoms with Crippen molar-refractivity contribution >= 4 is 29.6 Å². The van der Waals surface area contributed by atoms with Crippen LogP contribution in [0.1, 0.15) is 12.8 Å². The van der Waals surface area contributed by atoms with Crippen LogP contribution in [0, 0.1) is 0 Å². The van der Waals surface area contributed by atoms with Gasteiger partial charge in [0.2, 0.25) is 0 Å². The molecule has 0 aromatic carbocycles. The Morgan fingerprint density at radius 2 is 2.15 bits per heavy atom. The van der Waals surface area contributed by atoms with Gasteiger partial charge in [-0.2, -0.15) is 0 Å². The third kappa shape index (κ3) is 2.39. The molecule has 1 saturated heterocycles. The van der Waals surface area contributed by atoms with E-state index in [-0.39, 0.29) is 5.66 Å². The molecule has 0 spiro atoms. The first kappa shape index (κ1) is 13.4. The number of rotatable bonds is 3. The highest BCUT2D eigenvalue weighted by atomic mass is 16.4. The monoisotopic (exact) mass is 275 g/mol. The van der Waals surface area contributed by atoms with E-state index >= 15 is 0 Å². The smallest absolute Gasteiger partial charge is 0.464 e. The number of furan rings is 1. The molecule has 6 nitrogen and oxygen atoms in total. The van der Waals surface area contributed by atoms with Crippen LogP contribution in [-0.2, 0) is 0 Å². The summed E-state index contributed by atoms with van der Waals surface area (Å²) >= 11 is 0. The van der Waals surface area contributed by atoms with Gasteiger partial charge in [-0.1, -0.05) is 0 Å². The van der Waals surface area contributed by atoms with Gasteiger partial charge in [0, 0.05) is 25.3 Å². The predicted molar refractivity (Wildman–Crippen MR) is 78.1 cm³/mol. The summed E-state index contributed by atoms with van der Waals surface area (Å²) in [5.41, 5.74) is 0.785. The van der Waals surface area contributed by atoms with Gasteiger partial charge in [0.15, 0.2) is 0 Å². The van der Waals surface area contributed by atoms with Crippen molar-refractivity contribution in [1.29, 1.82) is 0 Å². The van der Waals surface area contributed by atoms with E-state index in [1.807, 2.05) is 7.05 Å². The van der Waals surface area contributed by atoms with E-state index < -0.39 is 7.12 Å². The summed E-state index contributed by atoms with van der Waals surface area (Å²) in [4.78, 5) is 6.66. The molecule has 1 aliphatic heterocycles. The maximum atomic E-state index is 9.21. The van der Waals surface area contributed by atoms with Crippen molar-refractivity contribution in [2.45, 2.75) is 18.9 Å². The van der Waals surface area contributed by atoms with Crippen LogP contribution in [0.2, 0.25) is 0 Å². The van der Waals surface area contributed by atoms with E-state index in [1.165, 1.54) is 0 Å². The number of nitrogens with zero attached hydrogens (tertiary/aromatic N) is 2. The highest BCUT2D eigenvalue weighted by Gasteiger charge is 2.23. The number of nitrogens with one attached hydrogen (secondary N) is 1. The van der Waals surface area contributed by atoms with Gasteiger partial charge in [-0.25, -0.2) is 4.98 Å². The molecule has 20 heavy (non-hydrogen) atoms. The Morgan fingerprint density at radius 3 is 2.80 bits per heavy atom. The molecule has 1 fully saturated rings. The van der Waals surface area contributed by atoms with E-state index in [9.17, 15) is 10.0 Å². The second kappa shape index (κ2) is 5.44. The van der Waals surface area contributed by atoms with Crippen LogP contribution in [-0.4, -0.2) is 48.3 Å². The van der Waals surface area contributed by atoms with Crippen LogP contribution in [0.25, 0.3) is 11.0 Å². The summed E-state index contributed by atoms with van der Waals surface area (Å²) < 4.78 is 5.42. The Labute approximate surface area is 117 Å². The number of piperidine rings is 1. The fourth-order valence-corrected chi connectivity index (χ4v) is 2.73. The van der Waals surface area contributed by atoms with Gasteiger partial charge in [-0.15, -0.1) is 0 Å². The zero-order valence-corrected chi connectivity index (χ0v) is 11.4. The molecule has 7 heteroatoms. The van der Waals surface area contributed by atoms with E-state index in [4.69, 9.17) is 4.42 Å². The predicted octanol–water partition coefficient (Wildman–Crippen LogP) is -0.304. The highest BCUT2D eigenvalue weighted by molar-refractivity contribution is 6.57. The molecule has 0 radical (unpaired) electrons. The summed E-state index contributed by atoms with van der Waals surface area (Å²) in [6.07, 6.45) is 3.84. The molecule has 1 aliphatic rings. The second-order valence-corrected chi connectivity index (χ2v) is 5.12. The van der Waals surface area contributed by atoms with E-state index in [1.54, 1.807) is 18.3 Å². The summed E-state index contributed by atoms with van der Waals surface area (Å²) in [6, 6.07) is 3.96. The first-order valence-corrected chi connectivity index (χ1v) is 6.86. The number of aromatic nitrogens is 1. The van der Waals surface area contributed by atoms with Gasteiger partial charge in [0.1, 0.15) is 17.1 Å². The number of pyridine rings is 1. The van der Waals surface area contributed by atoms with Gasteiger partial charge in [-0.05, 0) is 32.0 Å². The molecule has 2 aromatic rings. The number of anilines is 1. The average Bonchev–Trinajstić information content (AvgIpc) is 2.91. The van der Waals surface area contributed by atoms with Crippen LogP contribution in [0.3, 0.4) is 0 Å². The average molecular weight is 275 g/mol. The highest BCUT2D eigenvalue weighted by Crippen LogP contribution is 2.26. The topological polar surface area (TPSA) is 81.8 Å². The summed E-state index contributed by atoms with van der Waals surface area (Å²) in [7, 11) is 0.398. The lowest BCUT2D eigenvalue weighted by molar-refractivity contribution is 0.412. The molecule has 2 aromatic heterocycles.